The molecule has 1 saturated carbocycles. The summed E-state index contributed by atoms with van der Waals surface area (Å²) in [6.07, 6.45) is -11.6. The van der Waals surface area contributed by atoms with Crippen molar-refractivity contribution in [3.05, 3.63) is 0 Å². The maximum absolute atomic E-state index is 12.9. The van der Waals surface area contributed by atoms with Crippen molar-refractivity contribution < 1.29 is 31.1 Å². The second-order valence-electron chi connectivity index (χ2n) is 4.53. The van der Waals surface area contributed by atoms with Gasteiger partial charge in [0, 0.05) is 23.0 Å². The summed E-state index contributed by atoms with van der Waals surface area (Å²) in [6.45, 7) is 0. The van der Waals surface area contributed by atoms with E-state index in [0.29, 0.717) is 0 Å². The molecule has 1 N–H and O–H groups in total. The number of halogens is 7. The molecule has 2 bridgehead atoms. The predicted octanol–water partition coefficient (Wildman–Crippen LogP) is 2.66. The van der Waals surface area contributed by atoms with Gasteiger partial charge < -0.3 is 4.74 Å². The van der Waals surface area contributed by atoms with E-state index in [4.69, 9.17) is 4.74 Å². The summed E-state index contributed by atoms with van der Waals surface area (Å²) in [4.78, 5) is 0. The monoisotopic (exact) mass is 389 g/mol. The molecule has 18 heavy (non-hydrogen) atoms. The third-order valence-corrected chi connectivity index (χ3v) is 5.40. The van der Waals surface area contributed by atoms with Gasteiger partial charge in [-0.15, -0.1) is 0 Å². The number of hydrogen-bond donors (Lipinski definition) is 1. The van der Waals surface area contributed by atoms with Crippen LogP contribution in [0.4, 0.5) is 26.3 Å². The molecule has 2 rings (SSSR count). The van der Waals surface area contributed by atoms with Crippen molar-refractivity contribution in [2.45, 2.75) is 40.4 Å². The molecule has 0 aromatic heterocycles. The van der Waals surface area contributed by atoms with Gasteiger partial charge in [-0.3, -0.25) is 5.32 Å². The minimum absolute atomic E-state index is 0.235. The van der Waals surface area contributed by atoms with Gasteiger partial charge in [-0.25, -0.2) is 0 Å². The van der Waals surface area contributed by atoms with E-state index in [1.807, 2.05) is 0 Å². The van der Waals surface area contributed by atoms with E-state index in [0.717, 1.165) is 0 Å². The molecular weight excluding hydrogens is 379 g/mol. The van der Waals surface area contributed by atoms with Gasteiger partial charge in [-0.1, -0.05) is 22.6 Å². The van der Waals surface area contributed by atoms with Crippen LogP contribution in [-0.2, 0) is 4.74 Å². The van der Waals surface area contributed by atoms with Crippen LogP contribution in [0.1, 0.15) is 6.42 Å². The van der Waals surface area contributed by atoms with Crippen LogP contribution in [0.15, 0.2) is 0 Å². The van der Waals surface area contributed by atoms with Crippen molar-refractivity contribution in [1.29, 1.82) is 0 Å². The van der Waals surface area contributed by atoms with Gasteiger partial charge in [-0.05, 0) is 6.42 Å². The SMILES string of the molecule is CO[C@@H]1C[C@@H]2C(I)[C@H]1NC2(C(F)(F)F)C(F)(F)F. The molecule has 0 spiro atoms. The highest BCUT2D eigenvalue weighted by atomic mass is 127. The van der Waals surface area contributed by atoms with Crippen LogP contribution in [0.2, 0.25) is 0 Å². The van der Waals surface area contributed by atoms with Gasteiger partial charge in [0.1, 0.15) is 0 Å². The van der Waals surface area contributed by atoms with Crippen LogP contribution in [0, 0.1) is 5.92 Å². The molecule has 0 aromatic carbocycles. The molecule has 0 aromatic rings. The first-order valence-corrected chi connectivity index (χ1v) is 6.39. The second kappa shape index (κ2) is 4.11. The van der Waals surface area contributed by atoms with E-state index in [1.165, 1.54) is 7.11 Å². The lowest BCUT2D eigenvalue weighted by Gasteiger charge is -2.42. The molecule has 0 amide bonds. The van der Waals surface area contributed by atoms with Gasteiger partial charge in [0.05, 0.1) is 6.10 Å². The Morgan fingerprint density at radius 3 is 1.94 bits per heavy atom. The Kier molecular flexibility index (Phi) is 3.34. The van der Waals surface area contributed by atoms with E-state index in [-0.39, 0.29) is 6.42 Å². The number of methoxy groups -OCH3 is 1. The molecular formula is C9H10F6INO. The van der Waals surface area contributed by atoms with Crippen LogP contribution >= 0.6 is 22.6 Å². The van der Waals surface area contributed by atoms with Gasteiger partial charge in [-0.2, -0.15) is 26.3 Å². The summed E-state index contributed by atoms with van der Waals surface area (Å²) in [6, 6.07) is -0.927. The summed E-state index contributed by atoms with van der Waals surface area (Å²) < 4.78 is 81.9. The highest BCUT2D eigenvalue weighted by Crippen LogP contribution is 2.59. The maximum Gasteiger partial charge on any atom is 0.415 e. The Morgan fingerprint density at radius 2 is 1.67 bits per heavy atom. The molecule has 0 radical (unpaired) electrons. The number of ether oxygens (including phenoxy) is 1. The average molecular weight is 389 g/mol. The normalized spacial score (nSPS) is 39.3. The topological polar surface area (TPSA) is 21.3 Å². The molecule has 9 heteroatoms. The lowest BCUT2D eigenvalue weighted by atomic mass is 9.82. The van der Waals surface area contributed by atoms with Gasteiger partial charge in [0.2, 0.25) is 5.54 Å². The summed E-state index contributed by atoms with van der Waals surface area (Å²) in [7, 11) is 1.29. The molecule has 2 aliphatic rings. The number of nitrogens with one attached hydrogen (secondary N) is 1. The Balaban J connectivity index is 2.44. The van der Waals surface area contributed by atoms with E-state index < -0.39 is 39.9 Å². The molecule has 106 valence electrons. The number of rotatable bonds is 1. The lowest BCUT2D eigenvalue weighted by Crippen LogP contribution is -2.70. The molecule has 1 aliphatic carbocycles. The smallest absolute Gasteiger partial charge is 0.380 e. The fourth-order valence-corrected chi connectivity index (χ4v) is 4.40. The Morgan fingerprint density at radius 1 is 1.17 bits per heavy atom. The Hall–Kier alpha value is 0.230. The largest absolute Gasteiger partial charge is 0.415 e. The first-order chi connectivity index (χ1) is 8.06. The first-order valence-electron chi connectivity index (χ1n) is 5.14. The molecule has 1 aliphatic heterocycles. The van der Waals surface area contributed by atoms with Crippen LogP contribution < -0.4 is 5.32 Å². The highest BCUT2D eigenvalue weighted by molar-refractivity contribution is 14.1. The van der Waals surface area contributed by atoms with E-state index >= 15 is 0 Å². The molecule has 1 unspecified atom stereocenters. The predicted molar refractivity (Wildman–Crippen MR) is 58.5 cm³/mol. The number of alkyl halides is 7. The van der Waals surface area contributed by atoms with Crippen molar-refractivity contribution >= 4 is 22.6 Å². The molecule has 2 fully saturated rings. The van der Waals surface area contributed by atoms with Crippen LogP contribution in [-0.4, -0.2) is 41.1 Å². The Bertz CT molecular complexity index is 329. The quantitative estimate of drug-likeness (QED) is 0.423. The molecule has 2 nitrogen and oxygen atoms in total. The fraction of sp³-hybridized carbons (Fsp3) is 1.00. The van der Waals surface area contributed by atoms with Gasteiger partial charge in [0.25, 0.3) is 0 Å². The molecule has 4 atom stereocenters. The van der Waals surface area contributed by atoms with Crippen LogP contribution in [0.3, 0.4) is 0 Å². The van der Waals surface area contributed by atoms with Crippen molar-refractivity contribution in [2.24, 2.45) is 5.92 Å². The van der Waals surface area contributed by atoms with Crippen molar-refractivity contribution in [3.8, 4) is 0 Å². The van der Waals surface area contributed by atoms with E-state index in [1.54, 1.807) is 27.9 Å². The Labute approximate surface area is 113 Å². The standard InChI is InChI=1S/C9H10F6INO/c1-18-4-2-3-5(16)6(4)17-7(3,8(10,11)12)9(13,14)15/h3-6,17H,2H2,1H3/t3-,4-,5?,6+/m1/s1. The van der Waals surface area contributed by atoms with Gasteiger partial charge >= 0.3 is 12.4 Å². The zero-order chi connectivity index (χ0) is 13.9. The number of hydrogen-bond acceptors (Lipinski definition) is 2. The van der Waals surface area contributed by atoms with Crippen molar-refractivity contribution in [3.63, 3.8) is 0 Å². The molecule has 1 heterocycles. The second-order valence-corrected chi connectivity index (χ2v) is 5.97. The average Bonchev–Trinajstić information content (AvgIpc) is 2.67. The van der Waals surface area contributed by atoms with Crippen LogP contribution in [0.5, 0.6) is 0 Å². The zero-order valence-corrected chi connectivity index (χ0v) is 11.2. The minimum Gasteiger partial charge on any atom is -0.380 e. The first kappa shape index (κ1) is 14.6. The van der Waals surface area contributed by atoms with Crippen molar-refractivity contribution in [1.82, 2.24) is 5.32 Å². The molecule has 1 saturated heterocycles. The van der Waals surface area contributed by atoms with Crippen molar-refractivity contribution in [2.75, 3.05) is 7.11 Å². The summed E-state index contributed by atoms with van der Waals surface area (Å²) in [5, 5.41) is 1.75. The summed E-state index contributed by atoms with van der Waals surface area (Å²) >= 11 is 1.65. The van der Waals surface area contributed by atoms with E-state index in [2.05, 4.69) is 0 Å². The van der Waals surface area contributed by atoms with Gasteiger partial charge in [0.15, 0.2) is 0 Å². The summed E-state index contributed by atoms with van der Waals surface area (Å²) in [5.41, 5.74) is -3.80. The summed E-state index contributed by atoms with van der Waals surface area (Å²) in [5.74, 6) is -1.55. The third kappa shape index (κ3) is 1.69. The minimum atomic E-state index is -5.37. The van der Waals surface area contributed by atoms with Crippen LogP contribution in [0.25, 0.3) is 0 Å². The number of fused-ring (bicyclic) bond motifs is 2. The fourth-order valence-electron chi connectivity index (χ4n) is 2.93. The zero-order valence-electron chi connectivity index (χ0n) is 9.07. The number of piperidine rings is 1. The maximum atomic E-state index is 12.9. The third-order valence-electron chi connectivity index (χ3n) is 3.76. The van der Waals surface area contributed by atoms with E-state index in [9.17, 15) is 26.3 Å². The highest BCUT2D eigenvalue weighted by Gasteiger charge is 2.81. The lowest BCUT2D eigenvalue weighted by molar-refractivity contribution is -0.321.